The summed E-state index contributed by atoms with van der Waals surface area (Å²) in [4.78, 5) is 15.4. The minimum atomic E-state index is -0.00261. The van der Waals surface area contributed by atoms with Crippen LogP contribution >= 0.6 is 0 Å². The van der Waals surface area contributed by atoms with Gasteiger partial charge in [0, 0.05) is 27.1 Å². The van der Waals surface area contributed by atoms with Gasteiger partial charge >= 0.3 is 0 Å². The number of rotatable bonds is 5. The highest BCUT2D eigenvalue weighted by molar-refractivity contribution is 5.75. The molecule has 2 rings (SSSR count). The van der Waals surface area contributed by atoms with Crippen LogP contribution in [0.3, 0.4) is 0 Å². The van der Waals surface area contributed by atoms with E-state index < -0.39 is 0 Å². The molecule has 0 saturated heterocycles. The summed E-state index contributed by atoms with van der Waals surface area (Å²) < 4.78 is 2.10. The van der Waals surface area contributed by atoms with Gasteiger partial charge in [-0.15, -0.1) is 0 Å². The summed E-state index contributed by atoms with van der Waals surface area (Å²) in [7, 11) is 2.02. The molecule has 5 nitrogen and oxygen atoms in total. The van der Waals surface area contributed by atoms with E-state index in [-0.39, 0.29) is 11.9 Å². The van der Waals surface area contributed by atoms with Crippen molar-refractivity contribution in [1.82, 2.24) is 20.2 Å². The molecule has 1 unspecified atom stereocenters. The lowest BCUT2D eigenvalue weighted by Crippen LogP contribution is -2.32. The second-order valence-electron chi connectivity index (χ2n) is 4.68. The molecule has 1 heterocycles. The Balaban J connectivity index is 2.03. The molecule has 1 aromatic carbocycles. The van der Waals surface area contributed by atoms with Crippen LogP contribution in [-0.2, 0) is 11.8 Å². The van der Waals surface area contributed by atoms with E-state index in [4.69, 9.17) is 0 Å². The molecule has 19 heavy (non-hydrogen) atoms. The number of aromatic nitrogens is 2. The zero-order valence-corrected chi connectivity index (χ0v) is 11.6. The van der Waals surface area contributed by atoms with Crippen LogP contribution in [0.4, 0.5) is 0 Å². The number of carbonyl (C=O) groups is 1. The van der Waals surface area contributed by atoms with Gasteiger partial charge < -0.3 is 15.2 Å². The third-order valence-electron chi connectivity index (χ3n) is 3.16. The Hall–Kier alpha value is -1.88. The van der Waals surface area contributed by atoms with Crippen molar-refractivity contribution in [2.45, 2.75) is 19.9 Å². The largest absolute Gasteiger partial charge is 0.355 e. The molecule has 0 aliphatic rings. The predicted molar refractivity (Wildman–Crippen MR) is 75.8 cm³/mol. The van der Waals surface area contributed by atoms with Crippen LogP contribution in [0.5, 0.6) is 0 Å². The Bertz CT molecular complexity index is 576. The van der Waals surface area contributed by atoms with E-state index in [0.29, 0.717) is 6.54 Å². The van der Waals surface area contributed by atoms with Crippen molar-refractivity contribution in [3.63, 3.8) is 0 Å². The molecule has 0 fully saturated rings. The lowest BCUT2D eigenvalue weighted by molar-refractivity contribution is -0.118. The van der Waals surface area contributed by atoms with Crippen LogP contribution in [0.2, 0.25) is 0 Å². The lowest BCUT2D eigenvalue weighted by atomic mass is 10.3. The number of nitrogens with one attached hydrogen (secondary N) is 2. The second kappa shape index (κ2) is 5.84. The molecule has 0 radical (unpaired) electrons. The molecular formula is C14H20N4O. The molecule has 102 valence electrons. The fourth-order valence-corrected chi connectivity index (χ4v) is 2.17. The van der Waals surface area contributed by atoms with Crippen molar-refractivity contribution < 1.29 is 4.79 Å². The van der Waals surface area contributed by atoms with Crippen molar-refractivity contribution in [1.29, 1.82) is 0 Å². The summed E-state index contributed by atoms with van der Waals surface area (Å²) in [6.07, 6.45) is 0. The molecule has 2 N–H and O–H groups in total. The first-order valence-electron chi connectivity index (χ1n) is 6.48. The summed E-state index contributed by atoms with van der Waals surface area (Å²) in [5, 5.41) is 6.12. The Kier molecular flexibility index (Phi) is 4.16. The topological polar surface area (TPSA) is 59.0 Å². The van der Waals surface area contributed by atoms with Crippen molar-refractivity contribution in [2.75, 3.05) is 13.1 Å². The average Bonchev–Trinajstić information content (AvgIpc) is 2.72. The van der Waals surface area contributed by atoms with Gasteiger partial charge in [0.2, 0.25) is 5.91 Å². The standard InChI is InChI=1S/C14H20N4O/c1-10(15-8-9-16-11(2)19)14-17-12-6-4-5-7-13(12)18(14)3/h4-7,10,15H,8-9H2,1-3H3,(H,16,19). The van der Waals surface area contributed by atoms with Crippen molar-refractivity contribution in [3.8, 4) is 0 Å². The highest BCUT2D eigenvalue weighted by Crippen LogP contribution is 2.18. The zero-order chi connectivity index (χ0) is 13.8. The van der Waals surface area contributed by atoms with E-state index in [2.05, 4.69) is 33.2 Å². The van der Waals surface area contributed by atoms with Crippen molar-refractivity contribution in [2.24, 2.45) is 7.05 Å². The normalized spacial score (nSPS) is 12.6. The van der Waals surface area contributed by atoms with Gasteiger partial charge in [0.15, 0.2) is 0 Å². The first-order valence-corrected chi connectivity index (χ1v) is 6.48. The highest BCUT2D eigenvalue weighted by Gasteiger charge is 2.13. The number of benzene rings is 1. The van der Waals surface area contributed by atoms with Gasteiger partial charge in [-0.05, 0) is 19.1 Å². The molecule has 0 spiro atoms. The maximum atomic E-state index is 10.8. The second-order valence-corrected chi connectivity index (χ2v) is 4.68. The minimum absolute atomic E-state index is 0.00261. The maximum Gasteiger partial charge on any atom is 0.216 e. The fraction of sp³-hybridized carbons (Fsp3) is 0.429. The first-order chi connectivity index (χ1) is 9.09. The zero-order valence-electron chi connectivity index (χ0n) is 11.6. The Morgan fingerprint density at radius 1 is 1.37 bits per heavy atom. The van der Waals surface area contributed by atoms with Crippen LogP contribution in [0.15, 0.2) is 24.3 Å². The summed E-state index contributed by atoms with van der Waals surface area (Å²) in [6, 6.07) is 8.24. The van der Waals surface area contributed by atoms with Gasteiger partial charge in [-0.2, -0.15) is 0 Å². The molecule has 0 aliphatic carbocycles. The monoisotopic (exact) mass is 260 g/mol. The molecule has 2 aromatic rings. The molecule has 1 amide bonds. The first kappa shape index (κ1) is 13.5. The number of aryl methyl sites for hydroxylation is 1. The average molecular weight is 260 g/mol. The van der Waals surface area contributed by atoms with Crippen LogP contribution in [0.25, 0.3) is 11.0 Å². The summed E-state index contributed by atoms with van der Waals surface area (Å²) >= 11 is 0. The predicted octanol–water partition coefficient (Wildman–Crippen LogP) is 1.36. The number of nitrogens with zero attached hydrogens (tertiary/aromatic N) is 2. The number of amides is 1. The van der Waals surface area contributed by atoms with E-state index in [0.717, 1.165) is 23.4 Å². The highest BCUT2D eigenvalue weighted by atomic mass is 16.1. The number of carbonyl (C=O) groups excluding carboxylic acids is 1. The number of hydrogen-bond donors (Lipinski definition) is 2. The van der Waals surface area contributed by atoms with Gasteiger partial charge in [0.25, 0.3) is 0 Å². The van der Waals surface area contributed by atoms with E-state index in [1.807, 2.05) is 25.2 Å². The van der Waals surface area contributed by atoms with Crippen LogP contribution in [-0.4, -0.2) is 28.5 Å². The molecular weight excluding hydrogens is 240 g/mol. The SMILES string of the molecule is CC(=O)NCCNC(C)c1nc2ccccc2n1C. The summed E-state index contributed by atoms with van der Waals surface area (Å²) in [5.74, 6) is 1.00. The molecule has 0 bridgehead atoms. The minimum Gasteiger partial charge on any atom is -0.355 e. The van der Waals surface area contributed by atoms with E-state index in [1.54, 1.807) is 0 Å². The number of hydrogen-bond acceptors (Lipinski definition) is 3. The van der Waals surface area contributed by atoms with Gasteiger partial charge in [-0.1, -0.05) is 12.1 Å². The van der Waals surface area contributed by atoms with Crippen molar-refractivity contribution in [3.05, 3.63) is 30.1 Å². The third-order valence-corrected chi connectivity index (χ3v) is 3.16. The van der Waals surface area contributed by atoms with Crippen LogP contribution in [0, 0.1) is 0 Å². The van der Waals surface area contributed by atoms with Crippen molar-refractivity contribution >= 4 is 16.9 Å². The summed E-state index contributed by atoms with van der Waals surface area (Å²) in [5.41, 5.74) is 2.14. The molecule has 1 atom stereocenters. The van der Waals surface area contributed by atoms with Crippen LogP contribution in [0.1, 0.15) is 25.7 Å². The number of imidazole rings is 1. The lowest BCUT2D eigenvalue weighted by Gasteiger charge is -2.13. The molecule has 5 heteroatoms. The summed E-state index contributed by atoms with van der Waals surface area (Å²) in [6.45, 7) is 4.96. The molecule has 1 aromatic heterocycles. The van der Waals surface area contributed by atoms with Crippen LogP contribution < -0.4 is 10.6 Å². The third kappa shape index (κ3) is 3.12. The van der Waals surface area contributed by atoms with E-state index in [9.17, 15) is 4.79 Å². The quantitative estimate of drug-likeness (QED) is 0.798. The molecule has 0 aliphatic heterocycles. The van der Waals surface area contributed by atoms with Gasteiger partial charge in [0.05, 0.1) is 17.1 Å². The van der Waals surface area contributed by atoms with Gasteiger partial charge in [-0.25, -0.2) is 4.98 Å². The maximum absolute atomic E-state index is 10.8. The van der Waals surface area contributed by atoms with E-state index >= 15 is 0 Å². The number of fused-ring (bicyclic) bond motifs is 1. The Labute approximate surface area is 113 Å². The van der Waals surface area contributed by atoms with Gasteiger partial charge in [-0.3, -0.25) is 4.79 Å². The molecule has 0 saturated carbocycles. The Morgan fingerprint density at radius 2 is 2.11 bits per heavy atom. The van der Waals surface area contributed by atoms with Gasteiger partial charge in [0.1, 0.15) is 5.82 Å². The number of para-hydroxylation sites is 2. The smallest absolute Gasteiger partial charge is 0.216 e. The Morgan fingerprint density at radius 3 is 2.79 bits per heavy atom. The van der Waals surface area contributed by atoms with E-state index in [1.165, 1.54) is 6.92 Å². The fourth-order valence-electron chi connectivity index (χ4n) is 2.17.